The quantitative estimate of drug-likeness (QED) is 0.340. The van der Waals surface area contributed by atoms with Crippen LogP contribution >= 0.6 is 0 Å². The molecule has 2 amide bonds. The maximum Gasteiger partial charge on any atom is 0.268 e. The smallest absolute Gasteiger partial charge is 0.268 e. The Balaban J connectivity index is 2.04. The van der Waals surface area contributed by atoms with E-state index in [0.29, 0.717) is 5.56 Å². The number of aryl methyl sites for hydroxylation is 1. The van der Waals surface area contributed by atoms with Crippen LogP contribution in [0.4, 0.5) is 0 Å². The van der Waals surface area contributed by atoms with Crippen LogP contribution in [0.2, 0.25) is 0 Å². The molecule has 0 bridgehead atoms. The number of aliphatic hydroxyl groups is 1. The molecule has 4 N–H and O–H groups in total. The molecule has 0 unspecified atom stereocenters. The molecule has 27 heavy (non-hydrogen) atoms. The van der Waals surface area contributed by atoms with Crippen LogP contribution < -0.4 is 10.8 Å². The van der Waals surface area contributed by atoms with Gasteiger partial charge >= 0.3 is 0 Å². The predicted molar refractivity (Wildman–Crippen MR) is 96.3 cm³/mol. The molecule has 0 radical (unpaired) electrons. The van der Waals surface area contributed by atoms with Crippen LogP contribution in [0, 0.1) is 23.7 Å². The summed E-state index contributed by atoms with van der Waals surface area (Å²) < 4.78 is 1.78. The molecule has 0 aliphatic rings. The Kier molecular flexibility index (Phi) is 6.73. The topological polar surface area (TPSA) is 116 Å². The molecular weight excluding hydrogens is 348 g/mol. The summed E-state index contributed by atoms with van der Waals surface area (Å²) in [6.45, 7) is 1.32. The lowest BCUT2D eigenvalue weighted by atomic mass is 10.1. The van der Waals surface area contributed by atoms with Gasteiger partial charge in [0.1, 0.15) is 11.7 Å². The number of rotatable bonds is 4. The molecular formula is C19H18N4O4. The average Bonchev–Trinajstić information content (AvgIpc) is 3.07. The van der Waals surface area contributed by atoms with E-state index in [1.54, 1.807) is 29.2 Å². The van der Waals surface area contributed by atoms with Gasteiger partial charge in [-0.25, -0.2) is 10.5 Å². The molecule has 1 aromatic heterocycles. The van der Waals surface area contributed by atoms with E-state index in [2.05, 4.69) is 34.0 Å². The van der Waals surface area contributed by atoms with Gasteiger partial charge in [0.05, 0.1) is 18.6 Å². The van der Waals surface area contributed by atoms with Crippen molar-refractivity contribution in [1.82, 2.24) is 20.3 Å². The van der Waals surface area contributed by atoms with E-state index >= 15 is 0 Å². The Labute approximate surface area is 156 Å². The first kappa shape index (κ1) is 19.7. The van der Waals surface area contributed by atoms with E-state index in [1.807, 2.05) is 7.05 Å². The zero-order valence-electron chi connectivity index (χ0n) is 14.7. The van der Waals surface area contributed by atoms with Crippen molar-refractivity contribution in [1.29, 1.82) is 0 Å². The molecule has 8 nitrogen and oxygen atoms in total. The molecule has 1 heterocycles. The first-order valence-electron chi connectivity index (χ1n) is 7.93. The number of nitrogens with zero attached hydrogens (tertiary/aromatic N) is 2. The van der Waals surface area contributed by atoms with Crippen molar-refractivity contribution in [2.24, 2.45) is 7.05 Å². The molecule has 0 aliphatic carbocycles. The molecule has 8 heteroatoms. The number of aliphatic hydroxyl groups excluding tert-OH is 1. The van der Waals surface area contributed by atoms with Crippen LogP contribution in [0.3, 0.4) is 0 Å². The van der Waals surface area contributed by atoms with Gasteiger partial charge in [-0.2, -0.15) is 0 Å². The van der Waals surface area contributed by atoms with Crippen molar-refractivity contribution in [3.63, 3.8) is 0 Å². The lowest BCUT2D eigenvalue weighted by molar-refractivity contribution is -0.133. The maximum absolute atomic E-state index is 12.2. The SMILES string of the molecule is C[C@@H](O)[C@H](NC(=O)c1ccc(C#CC#Cc2cncn2C)cc1)C(=O)NO. The fraction of sp³-hybridized carbons (Fsp3) is 0.211. The summed E-state index contributed by atoms with van der Waals surface area (Å²) in [7, 11) is 1.83. The third-order valence-electron chi connectivity index (χ3n) is 3.59. The van der Waals surface area contributed by atoms with E-state index in [-0.39, 0.29) is 5.56 Å². The number of nitrogens with one attached hydrogen (secondary N) is 2. The molecule has 0 aliphatic heterocycles. The second-order valence-electron chi connectivity index (χ2n) is 5.63. The largest absolute Gasteiger partial charge is 0.391 e. The van der Waals surface area contributed by atoms with Crippen molar-refractivity contribution in [2.75, 3.05) is 0 Å². The van der Waals surface area contributed by atoms with Crippen LogP contribution in [0.5, 0.6) is 0 Å². The van der Waals surface area contributed by atoms with Gasteiger partial charge in [0.15, 0.2) is 0 Å². The van der Waals surface area contributed by atoms with Crippen LogP contribution in [-0.2, 0) is 11.8 Å². The van der Waals surface area contributed by atoms with E-state index < -0.39 is 24.0 Å². The zero-order chi connectivity index (χ0) is 19.8. The number of carbonyl (C=O) groups excluding carboxylic acids is 2. The minimum absolute atomic E-state index is 0.276. The summed E-state index contributed by atoms with van der Waals surface area (Å²) in [6, 6.07) is 5.06. The van der Waals surface area contributed by atoms with Crippen molar-refractivity contribution in [3.8, 4) is 23.7 Å². The Morgan fingerprint density at radius 1 is 1.19 bits per heavy atom. The lowest BCUT2D eigenvalue weighted by Crippen LogP contribution is -2.51. The van der Waals surface area contributed by atoms with Crippen molar-refractivity contribution < 1.29 is 19.9 Å². The summed E-state index contributed by atoms with van der Waals surface area (Å²) in [5, 5.41) is 20.5. The second kappa shape index (κ2) is 9.20. The number of hydrogen-bond acceptors (Lipinski definition) is 5. The molecule has 0 spiro atoms. The third-order valence-corrected chi connectivity index (χ3v) is 3.59. The highest BCUT2D eigenvalue weighted by Crippen LogP contribution is 2.05. The van der Waals surface area contributed by atoms with E-state index in [0.717, 1.165) is 5.69 Å². The normalized spacial score (nSPS) is 11.9. The van der Waals surface area contributed by atoms with Crippen LogP contribution in [0.25, 0.3) is 0 Å². The molecule has 138 valence electrons. The number of hydroxylamine groups is 1. The van der Waals surface area contributed by atoms with Gasteiger partial charge in [-0.05, 0) is 49.0 Å². The number of carbonyl (C=O) groups is 2. The number of amides is 2. The van der Waals surface area contributed by atoms with E-state index in [9.17, 15) is 14.7 Å². The first-order chi connectivity index (χ1) is 12.9. The van der Waals surface area contributed by atoms with Gasteiger partial charge in [-0.1, -0.05) is 5.92 Å². The molecule has 2 atom stereocenters. The van der Waals surface area contributed by atoms with Crippen LogP contribution in [-0.4, -0.2) is 43.8 Å². The minimum Gasteiger partial charge on any atom is -0.391 e. The molecule has 1 aromatic carbocycles. The average molecular weight is 366 g/mol. The fourth-order valence-corrected chi connectivity index (χ4v) is 2.08. The summed E-state index contributed by atoms with van der Waals surface area (Å²) in [5.41, 5.74) is 3.08. The van der Waals surface area contributed by atoms with Crippen molar-refractivity contribution in [3.05, 3.63) is 53.6 Å². The Morgan fingerprint density at radius 2 is 1.85 bits per heavy atom. The second-order valence-corrected chi connectivity index (χ2v) is 5.63. The van der Waals surface area contributed by atoms with E-state index in [4.69, 9.17) is 5.21 Å². The summed E-state index contributed by atoms with van der Waals surface area (Å²) in [4.78, 5) is 27.6. The number of benzene rings is 1. The predicted octanol–water partition coefficient (Wildman–Crippen LogP) is -0.192. The van der Waals surface area contributed by atoms with Gasteiger partial charge in [0.25, 0.3) is 11.8 Å². The molecule has 0 saturated heterocycles. The summed E-state index contributed by atoms with van der Waals surface area (Å²) >= 11 is 0. The highest BCUT2D eigenvalue weighted by molar-refractivity contribution is 5.97. The summed E-state index contributed by atoms with van der Waals surface area (Å²) in [6.07, 6.45) is 2.11. The minimum atomic E-state index is -1.27. The highest BCUT2D eigenvalue weighted by Gasteiger charge is 2.25. The Morgan fingerprint density at radius 3 is 2.41 bits per heavy atom. The zero-order valence-corrected chi connectivity index (χ0v) is 14.7. The molecule has 0 fully saturated rings. The highest BCUT2D eigenvalue weighted by atomic mass is 16.5. The third kappa shape index (κ3) is 5.44. The Bertz CT molecular complexity index is 940. The van der Waals surface area contributed by atoms with Gasteiger partial charge in [0, 0.05) is 18.2 Å². The fourth-order valence-electron chi connectivity index (χ4n) is 2.08. The monoisotopic (exact) mass is 366 g/mol. The first-order valence-corrected chi connectivity index (χ1v) is 7.93. The van der Waals surface area contributed by atoms with Crippen LogP contribution in [0.1, 0.15) is 28.5 Å². The van der Waals surface area contributed by atoms with Crippen molar-refractivity contribution in [2.45, 2.75) is 19.1 Å². The standard InChI is InChI=1S/C19H18N4O4/c1-13(24)17(19(26)22-27)21-18(25)15-9-7-14(8-10-15)5-3-4-6-16-11-20-12-23(16)2/h7-13,17,24,27H,1-2H3,(H,21,25)(H,22,26)/t13-,17+/m1/s1. The molecule has 2 aromatic rings. The maximum atomic E-state index is 12.2. The van der Waals surface area contributed by atoms with Gasteiger partial charge in [-0.3, -0.25) is 14.8 Å². The summed E-state index contributed by atoms with van der Waals surface area (Å²) in [5.74, 6) is 9.69. The number of aromatic nitrogens is 2. The molecule has 0 saturated carbocycles. The Hall–Kier alpha value is -3.59. The van der Waals surface area contributed by atoms with Crippen LogP contribution in [0.15, 0.2) is 36.8 Å². The molecule has 2 rings (SSSR count). The van der Waals surface area contributed by atoms with E-state index in [1.165, 1.54) is 24.5 Å². The van der Waals surface area contributed by atoms with Gasteiger partial charge in [-0.15, -0.1) is 0 Å². The van der Waals surface area contributed by atoms with Gasteiger partial charge in [0.2, 0.25) is 0 Å². The van der Waals surface area contributed by atoms with Gasteiger partial charge < -0.3 is 15.0 Å². The lowest BCUT2D eigenvalue weighted by Gasteiger charge is -2.19. The number of imidazole rings is 1. The number of hydrogen-bond donors (Lipinski definition) is 4. The van der Waals surface area contributed by atoms with Crippen molar-refractivity contribution >= 4 is 11.8 Å².